The first-order valence-electron chi connectivity index (χ1n) is 9.49. The summed E-state index contributed by atoms with van der Waals surface area (Å²) in [5.74, 6) is 0.168. The van der Waals surface area contributed by atoms with Gasteiger partial charge in [0.2, 0.25) is 5.91 Å². The Morgan fingerprint density at radius 3 is 2.81 bits per heavy atom. The van der Waals surface area contributed by atoms with Crippen LogP contribution in [0.5, 0.6) is 0 Å². The number of hydrogen-bond donors (Lipinski definition) is 0. The van der Waals surface area contributed by atoms with Crippen LogP contribution in [-0.4, -0.2) is 21.8 Å². The number of aryl methyl sites for hydroxylation is 2. The van der Waals surface area contributed by atoms with E-state index in [1.54, 1.807) is 12.5 Å². The monoisotopic (exact) mass is 346 g/mol. The van der Waals surface area contributed by atoms with Crippen molar-refractivity contribution in [2.75, 3.05) is 0 Å². The summed E-state index contributed by atoms with van der Waals surface area (Å²) < 4.78 is 5.77. The predicted molar refractivity (Wildman–Crippen MR) is 99.8 cm³/mol. The number of amides is 1. The fourth-order valence-electron chi connectivity index (χ4n) is 4.02. The maximum Gasteiger partial charge on any atom is 0.227 e. The van der Waals surface area contributed by atoms with E-state index in [2.05, 4.69) is 17.1 Å². The highest BCUT2D eigenvalue weighted by Crippen LogP contribution is 2.32. The van der Waals surface area contributed by atoms with Crippen LogP contribution in [0.25, 0.3) is 11.0 Å². The molecule has 0 bridgehead atoms. The van der Waals surface area contributed by atoms with Gasteiger partial charge >= 0.3 is 0 Å². The van der Waals surface area contributed by atoms with E-state index in [9.17, 15) is 4.79 Å². The summed E-state index contributed by atoms with van der Waals surface area (Å²) in [4.78, 5) is 19.4. The minimum atomic E-state index is 0.168. The topological polar surface area (TPSA) is 46.3 Å². The highest BCUT2D eigenvalue weighted by molar-refractivity contribution is 5.89. The molecule has 5 rings (SSSR count). The molecule has 1 amide bonds. The molecule has 132 valence electrons. The van der Waals surface area contributed by atoms with Gasteiger partial charge in [0.1, 0.15) is 5.58 Å². The van der Waals surface area contributed by atoms with E-state index in [0.29, 0.717) is 19.0 Å². The van der Waals surface area contributed by atoms with Crippen LogP contribution in [0.4, 0.5) is 0 Å². The molecule has 2 aliphatic rings. The van der Waals surface area contributed by atoms with Gasteiger partial charge in [-0.25, -0.2) is 0 Å². The standard InChI is InChI=1S/C22H22N2O2/c25-22(24(19-7-8-19)13-18-6-1-2-9-23-18)12-17-14-26-21-11-16-5-3-4-15(16)10-20(17)21/h1-2,6,9-11,14,19H,3-5,7-8,12-13H2. The molecule has 2 aromatic heterocycles. The number of aromatic nitrogens is 1. The maximum atomic E-state index is 13.0. The second-order valence-corrected chi connectivity index (χ2v) is 7.48. The molecule has 2 aliphatic carbocycles. The Morgan fingerprint density at radius 2 is 2.04 bits per heavy atom. The van der Waals surface area contributed by atoms with Gasteiger partial charge in [-0.1, -0.05) is 6.07 Å². The molecule has 0 saturated heterocycles. The minimum Gasteiger partial charge on any atom is -0.464 e. The number of benzene rings is 1. The second kappa shape index (κ2) is 6.27. The van der Waals surface area contributed by atoms with Crippen LogP contribution in [0.15, 0.2) is 47.2 Å². The summed E-state index contributed by atoms with van der Waals surface area (Å²) in [6.45, 7) is 0.593. The molecule has 4 nitrogen and oxygen atoms in total. The van der Waals surface area contributed by atoms with Crippen molar-refractivity contribution in [3.63, 3.8) is 0 Å². The third kappa shape index (κ3) is 2.90. The average molecular weight is 346 g/mol. The fraction of sp³-hybridized carbons (Fsp3) is 0.364. The first-order valence-corrected chi connectivity index (χ1v) is 9.49. The van der Waals surface area contributed by atoms with Crippen LogP contribution in [-0.2, 0) is 30.6 Å². The van der Waals surface area contributed by atoms with Gasteiger partial charge in [-0.05, 0) is 67.5 Å². The molecular formula is C22H22N2O2. The molecule has 3 aromatic rings. The molecule has 0 unspecified atom stereocenters. The number of hydrogen-bond acceptors (Lipinski definition) is 3. The van der Waals surface area contributed by atoms with Gasteiger partial charge in [-0.2, -0.15) is 0 Å². The summed E-state index contributed by atoms with van der Waals surface area (Å²) in [5.41, 5.74) is 5.68. The number of pyridine rings is 1. The normalized spacial score (nSPS) is 16.0. The van der Waals surface area contributed by atoms with Crippen molar-refractivity contribution in [2.45, 2.75) is 51.1 Å². The zero-order valence-electron chi connectivity index (χ0n) is 14.8. The number of furan rings is 1. The Kier molecular flexibility index (Phi) is 3.77. The number of rotatable bonds is 5. The third-order valence-electron chi connectivity index (χ3n) is 5.58. The number of nitrogens with zero attached hydrogens (tertiary/aromatic N) is 2. The lowest BCUT2D eigenvalue weighted by Gasteiger charge is -2.22. The van der Waals surface area contributed by atoms with Gasteiger partial charge in [-0.3, -0.25) is 9.78 Å². The second-order valence-electron chi connectivity index (χ2n) is 7.48. The van der Waals surface area contributed by atoms with Crippen molar-refractivity contribution in [3.8, 4) is 0 Å². The molecule has 2 heterocycles. The van der Waals surface area contributed by atoms with Gasteiger partial charge in [0.25, 0.3) is 0 Å². The SMILES string of the molecule is O=C(Cc1coc2cc3c(cc12)CCC3)N(Cc1ccccn1)C1CC1. The van der Waals surface area contributed by atoms with E-state index in [-0.39, 0.29) is 5.91 Å². The Bertz CT molecular complexity index is 957. The van der Waals surface area contributed by atoms with Gasteiger partial charge in [0, 0.05) is 23.2 Å². The lowest BCUT2D eigenvalue weighted by atomic mass is 10.0. The van der Waals surface area contributed by atoms with Crippen LogP contribution in [0, 0.1) is 0 Å². The number of carbonyl (C=O) groups excluding carboxylic acids is 1. The zero-order chi connectivity index (χ0) is 17.5. The Balaban J connectivity index is 1.39. The van der Waals surface area contributed by atoms with E-state index >= 15 is 0 Å². The van der Waals surface area contributed by atoms with Crippen LogP contribution in [0.3, 0.4) is 0 Å². The molecule has 26 heavy (non-hydrogen) atoms. The molecule has 0 spiro atoms. The lowest BCUT2D eigenvalue weighted by molar-refractivity contribution is -0.131. The van der Waals surface area contributed by atoms with E-state index in [1.165, 1.54) is 17.5 Å². The van der Waals surface area contributed by atoms with Crippen LogP contribution in [0.2, 0.25) is 0 Å². The molecule has 1 saturated carbocycles. The van der Waals surface area contributed by atoms with Crippen molar-refractivity contribution in [1.29, 1.82) is 0 Å². The summed E-state index contributed by atoms with van der Waals surface area (Å²) in [5, 5.41) is 1.10. The quantitative estimate of drug-likeness (QED) is 0.700. The van der Waals surface area contributed by atoms with Crippen molar-refractivity contribution < 1.29 is 9.21 Å². The van der Waals surface area contributed by atoms with Gasteiger partial charge < -0.3 is 9.32 Å². The van der Waals surface area contributed by atoms with Crippen molar-refractivity contribution >= 4 is 16.9 Å². The average Bonchev–Trinajstić information content (AvgIpc) is 3.28. The van der Waals surface area contributed by atoms with Gasteiger partial charge in [0.05, 0.1) is 24.9 Å². The molecule has 0 atom stereocenters. The van der Waals surface area contributed by atoms with E-state index < -0.39 is 0 Å². The molecule has 0 radical (unpaired) electrons. The highest BCUT2D eigenvalue weighted by Gasteiger charge is 2.33. The van der Waals surface area contributed by atoms with Gasteiger partial charge in [0.15, 0.2) is 0 Å². The fourth-order valence-corrected chi connectivity index (χ4v) is 4.02. The van der Waals surface area contributed by atoms with E-state index in [1.807, 2.05) is 23.1 Å². The predicted octanol–water partition coefficient (Wildman–Crippen LogP) is 4.05. The first-order chi connectivity index (χ1) is 12.8. The van der Waals surface area contributed by atoms with Gasteiger partial charge in [-0.15, -0.1) is 0 Å². The van der Waals surface area contributed by atoms with E-state index in [4.69, 9.17) is 4.42 Å². The zero-order valence-corrected chi connectivity index (χ0v) is 14.8. The molecule has 1 fully saturated rings. The Morgan fingerprint density at radius 1 is 1.19 bits per heavy atom. The number of fused-ring (bicyclic) bond motifs is 2. The summed E-state index contributed by atoms with van der Waals surface area (Å²) in [6, 6.07) is 10.6. The smallest absolute Gasteiger partial charge is 0.227 e. The van der Waals surface area contributed by atoms with Crippen LogP contribution >= 0.6 is 0 Å². The largest absolute Gasteiger partial charge is 0.464 e. The summed E-state index contributed by atoms with van der Waals surface area (Å²) >= 11 is 0. The summed E-state index contributed by atoms with van der Waals surface area (Å²) in [7, 11) is 0. The molecular weight excluding hydrogens is 324 g/mol. The van der Waals surface area contributed by atoms with Crippen molar-refractivity contribution in [2.24, 2.45) is 0 Å². The number of carbonyl (C=O) groups is 1. The highest BCUT2D eigenvalue weighted by atomic mass is 16.3. The lowest BCUT2D eigenvalue weighted by Crippen LogP contribution is -2.34. The third-order valence-corrected chi connectivity index (χ3v) is 5.58. The molecule has 0 N–H and O–H groups in total. The Hall–Kier alpha value is -2.62. The maximum absolute atomic E-state index is 13.0. The molecule has 4 heteroatoms. The first kappa shape index (κ1) is 15.6. The Labute approximate surface area is 152 Å². The van der Waals surface area contributed by atoms with Crippen molar-refractivity contribution in [3.05, 3.63) is 65.2 Å². The van der Waals surface area contributed by atoms with Crippen LogP contribution in [0.1, 0.15) is 41.6 Å². The molecule has 0 aliphatic heterocycles. The van der Waals surface area contributed by atoms with E-state index in [0.717, 1.165) is 47.9 Å². The minimum absolute atomic E-state index is 0.168. The van der Waals surface area contributed by atoms with Crippen molar-refractivity contribution in [1.82, 2.24) is 9.88 Å². The molecule has 1 aromatic carbocycles. The summed E-state index contributed by atoms with van der Waals surface area (Å²) in [6.07, 6.45) is 9.64. The van der Waals surface area contributed by atoms with Crippen LogP contribution < -0.4 is 0 Å².